The van der Waals surface area contributed by atoms with Crippen molar-refractivity contribution in [3.8, 4) is 22.9 Å². The van der Waals surface area contributed by atoms with Crippen molar-refractivity contribution in [1.82, 2.24) is 15.0 Å². The number of aryl methyl sites for hydroxylation is 1. The number of carboxylic acids is 1. The molecule has 3 aromatic carbocycles. The van der Waals surface area contributed by atoms with Gasteiger partial charge in [-0.05, 0) is 41.8 Å². The van der Waals surface area contributed by atoms with E-state index in [4.69, 9.17) is 9.84 Å². The average Bonchev–Trinajstić information content (AvgIpc) is 3.57. The Hall–Kier alpha value is -4.67. The Morgan fingerprint density at radius 2 is 1.74 bits per heavy atom. The molecule has 0 bridgehead atoms. The zero-order valence-corrected chi connectivity index (χ0v) is 19.4. The van der Waals surface area contributed by atoms with Gasteiger partial charge in [0, 0.05) is 36.3 Å². The van der Waals surface area contributed by atoms with E-state index in [1.807, 2.05) is 0 Å². The van der Waals surface area contributed by atoms with Gasteiger partial charge in [0.05, 0.1) is 11.1 Å². The molecular formula is C27H18F5N3O3. The average molecular weight is 527 g/mol. The molecule has 2 aromatic heterocycles. The Bertz CT molecular complexity index is 1680. The number of nitrogens with one attached hydrogen (secondary N) is 2. The molecule has 6 nitrogen and oxygen atoms in total. The predicted octanol–water partition coefficient (Wildman–Crippen LogP) is 6.65. The lowest BCUT2D eigenvalue weighted by atomic mass is 10.0. The Morgan fingerprint density at radius 1 is 0.947 bits per heavy atom. The molecule has 0 saturated heterocycles. The molecule has 0 fully saturated rings. The summed E-state index contributed by atoms with van der Waals surface area (Å²) in [5, 5.41) is 8.64. The first-order valence-electron chi connectivity index (χ1n) is 11.4. The van der Waals surface area contributed by atoms with Gasteiger partial charge in [-0.15, -0.1) is 0 Å². The number of halogens is 5. The number of carboxylic acid groups (broad SMARTS) is 1. The molecule has 0 aliphatic heterocycles. The number of aromatic amines is 2. The van der Waals surface area contributed by atoms with E-state index in [2.05, 4.69) is 15.0 Å². The van der Waals surface area contributed by atoms with Gasteiger partial charge in [0.15, 0.2) is 11.6 Å². The van der Waals surface area contributed by atoms with Crippen LogP contribution < -0.4 is 4.74 Å². The van der Waals surface area contributed by atoms with E-state index in [-0.39, 0.29) is 58.4 Å². The highest BCUT2D eigenvalue weighted by Crippen LogP contribution is 2.36. The first-order chi connectivity index (χ1) is 18.2. The third kappa shape index (κ3) is 4.70. The van der Waals surface area contributed by atoms with Gasteiger partial charge in [0.25, 0.3) is 0 Å². The summed E-state index contributed by atoms with van der Waals surface area (Å²) in [7, 11) is 0. The number of benzene rings is 3. The number of carbonyl (C=O) groups is 1. The lowest BCUT2D eigenvalue weighted by Crippen LogP contribution is -2.02. The van der Waals surface area contributed by atoms with Gasteiger partial charge >= 0.3 is 5.97 Å². The molecule has 3 N–H and O–H groups in total. The van der Waals surface area contributed by atoms with E-state index >= 15 is 0 Å². The minimum absolute atomic E-state index is 0.0311. The summed E-state index contributed by atoms with van der Waals surface area (Å²) < 4.78 is 78.4. The van der Waals surface area contributed by atoms with Gasteiger partial charge in [-0.25, -0.2) is 22.5 Å². The Morgan fingerprint density at radius 3 is 2.53 bits per heavy atom. The molecule has 0 amide bonds. The van der Waals surface area contributed by atoms with Crippen LogP contribution in [0.3, 0.4) is 0 Å². The van der Waals surface area contributed by atoms with Gasteiger partial charge < -0.3 is 19.8 Å². The van der Waals surface area contributed by atoms with Crippen molar-refractivity contribution in [3.05, 3.63) is 101 Å². The van der Waals surface area contributed by atoms with Gasteiger partial charge in [0.1, 0.15) is 23.2 Å². The van der Waals surface area contributed by atoms with E-state index in [0.29, 0.717) is 5.69 Å². The summed E-state index contributed by atoms with van der Waals surface area (Å²) in [4.78, 5) is 20.2. The molecule has 11 heteroatoms. The normalized spacial score (nSPS) is 11.3. The Kier molecular flexibility index (Phi) is 6.58. The summed E-state index contributed by atoms with van der Waals surface area (Å²) >= 11 is 0. The van der Waals surface area contributed by atoms with Crippen LogP contribution in [0.25, 0.3) is 22.3 Å². The number of ether oxygens (including phenoxy) is 1. The number of hydrogen-bond acceptors (Lipinski definition) is 3. The molecule has 5 rings (SSSR count). The maximum atomic E-state index is 14.8. The van der Waals surface area contributed by atoms with Crippen molar-refractivity contribution in [3.63, 3.8) is 0 Å². The van der Waals surface area contributed by atoms with Crippen molar-refractivity contribution >= 4 is 16.9 Å². The fraction of sp³-hybridized carbons (Fsp3) is 0.111. The third-order valence-corrected chi connectivity index (χ3v) is 5.98. The lowest BCUT2D eigenvalue weighted by molar-refractivity contribution is -0.136. The molecule has 38 heavy (non-hydrogen) atoms. The second-order valence-electron chi connectivity index (χ2n) is 8.50. The molecule has 0 spiro atoms. The standard InChI is InChI=1S/C27H18F5N3O3/c28-19-6-5-16(38-26-22(30)17-8-9-33-25(17)23(31)24(26)32)11-18(19)27-34-12-15(35-27)10-14-3-1-2-13(21(14)29)4-7-20(36)37/h1-3,5-6,8-9,11-12,33H,4,7,10H2,(H,34,35)(H,36,37). The summed E-state index contributed by atoms with van der Waals surface area (Å²) in [5.74, 6) is -7.42. The van der Waals surface area contributed by atoms with Crippen LogP contribution in [0.5, 0.6) is 11.5 Å². The van der Waals surface area contributed by atoms with Gasteiger partial charge in [-0.1, -0.05) is 18.2 Å². The maximum Gasteiger partial charge on any atom is 0.303 e. The molecule has 5 aromatic rings. The van der Waals surface area contributed by atoms with Crippen LogP contribution in [0.1, 0.15) is 23.2 Å². The highest BCUT2D eigenvalue weighted by Gasteiger charge is 2.23. The van der Waals surface area contributed by atoms with Gasteiger partial charge in [-0.2, -0.15) is 4.39 Å². The number of H-pyrrole nitrogens is 2. The number of hydrogen-bond donors (Lipinski definition) is 3. The summed E-state index contributed by atoms with van der Waals surface area (Å²) in [6, 6.07) is 9.15. The van der Waals surface area contributed by atoms with Gasteiger partial charge in [0.2, 0.25) is 11.6 Å². The minimum Gasteiger partial charge on any atom is -0.481 e. The quantitative estimate of drug-likeness (QED) is 0.156. The Balaban J connectivity index is 1.41. The first-order valence-corrected chi connectivity index (χ1v) is 11.4. The fourth-order valence-electron chi connectivity index (χ4n) is 4.11. The van der Waals surface area contributed by atoms with Crippen LogP contribution in [-0.4, -0.2) is 26.0 Å². The summed E-state index contributed by atoms with van der Waals surface area (Å²) in [6.45, 7) is 0. The monoisotopic (exact) mass is 527 g/mol. The second kappa shape index (κ2) is 10.0. The second-order valence-corrected chi connectivity index (χ2v) is 8.50. The molecule has 0 atom stereocenters. The fourth-order valence-corrected chi connectivity index (χ4v) is 4.11. The van der Waals surface area contributed by atoms with E-state index in [9.17, 15) is 26.7 Å². The van der Waals surface area contributed by atoms with Crippen LogP contribution in [0.2, 0.25) is 0 Å². The molecule has 0 aliphatic rings. The van der Waals surface area contributed by atoms with E-state index < -0.39 is 40.8 Å². The molecule has 194 valence electrons. The lowest BCUT2D eigenvalue weighted by Gasteiger charge is -2.11. The number of fused-ring (bicyclic) bond motifs is 1. The van der Waals surface area contributed by atoms with Crippen molar-refractivity contribution in [2.75, 3.05) is 0 Å². The minimum atomic E-state index is -1.55. The van der Waals surface area contributed by atoms with Gasteiger partial charge in [-0.3, -0.25) is 4.79 Å². The van der Waals surface area contributed by atoms with E-state index in [1.54, 1.807) is 12.1 Å². The van der Waals surface area contributed by atoms with Crippen LogP contribution in [0, 0.1) is 29.1 Å². The maximum absolute atomic E-state index is 14.8. The number of aromatic nitrogens is 3. The molecule has 0 saturated carbocycles. The molecule has 2 heterocycles. The SMILES string of the molecule is O=C(O)CCc1cccc(Cc2cnc(-c3cc(Oc4c(F)c(F)c5[nH]ccc5c4F)ccc3F)[nH]2)c1F. The van der Waals surface area contributed by atoms with Crippen LogP contribution >= 0.6 is 0 Å². The highest BCUT2D eigenvalue weighted by molar-refractivity contribution is 5.82. The summed E-state index contributed by atoms with van der Waals surface area (Å²) in [6.07, 6.45) is 2.50. The highest BCUT2D eigenvalue weighted by atomic mass is 19.2. The predicted molar refractivity (Wildman–Crippen MR) is 127 cm³/mol. The van der Waals surface area contributed by atoms with E-state index in [0.717, 1.165) is 18.2 Å². The van der Waals surface area contributed by atoms with E-state index in [1.165, 1.54) is 24.5 Å². The smallest absolute Gasteiger partial charge is 0.303 e. The topological polar surface area (TPSA) is 91.0 Å². The Labute approximate surface area is 211 Å². The molecule has 0 unspecified atom stereocenters. The summed E-state index contributed by atoms with van der Waals surface area (Å²) in [5.41, 5.74) is 0.521. The third-order valence-electron chi connectivity index (χ3n) is 5.98. The molecule has 0 radical (unpaired) electrons. The molecule has 0 aliphatic carbocycles. The zero-order valence-electron chi connectivity index (χ0n) is 19.4. The van der Waals surface area contributed by atoms with Crippen LogP contribution in [0.15, 0.2) is 54.9 Å². The van der Waals surface area contributed by atoms with Crippen LogP contribution in [0.4, 0.5) is 22.0 Å². The number of aliphatic carboxylic acids is 1. The molecular weight excluding hydrogens is 509 g/mol. The van der Waals surface area contributed by atoms with Crippen molar-refractivity contribution < 1.29 is 36.6 Å². The largest absolute Gasteiger partial charge is 0.481 e. The zero-order chi connectivity index (χ0) is 27.0. The van der Waals surface area contributed by atoms with Crippen molar-refractivity contribution in [2.45, 2.75) is 19.3 Å². The number of rotatable bonds is 8. The van der Waals surface area contributed by atoms with Crippen molar-refractivity contribution in [1.29, 1.82) is 0 Å². The van der Waals surface area contributed by atoms with Crippen LogP contribution in [-0.2, 0) is 17.6 Å². The number of imidazole rings is 1. The number of nitrogens with zero attached hydrogens (tertiary/aromatic N) is 1. The first kappa shape index (κ1) is 25.0. The van der Waals surface area contributed by atoms with Crippen molar-refractivity contribution in [2.24, 2.45) is 0 Å².